The van der Waals surface area contributed by atoms with Crippen LogP contribution in [-0.4, -0.2) is 17.7 Å². The highest BCUT2D eigenvalue weighted by molar-refractivity contribution is 6.39. The molecular formula is C16H18N2O2. The molecule has 1 aromatic rings. The van der Waals surface area contributed by atoms with Gasteiger partial charge in [-0.3, -0.25) is 9.79 Å². The number of carbonyl (C=O) groups excluding carboxylic acids is 1. The van der Waals surface area contributed by atoms with Crippen molar-refractivity contribution < 1.29 is 9.21 Å². The van der Waals surface area contributed by atoms with Gasteiger partial charge in [0.2, 0.25) is 0 Å². The average molecular weight is 270 g/mol. The predicted octanol–water partition coefficient (Wildman–Crippen LogP) is 2.72. The Hall–Kier alpha value is -2.10. The third-order valence-corrected chi connectivity index (χ3v) is 3.75. The standard InChI is InChI=1S/C16H18N2O2/c1-10-7-8-15(20-10)11(2)17-16(19)14-9-12-5-3-4-6-13(12)18-14/h3-8,11-13H,9H2,1-2H3,(H,17,19). The van der Waals surface area contributed by atoms with Gasteiger partial charge in [0.05, 0.1) is 12.1 Å². The lowest BCUT2D eigenvalue weighted by Crippen LogP contribution is -2.32. The van der Waals surface area contributed by atoms with E-state index in [0.717, 1.165) is 11.5 Å². The normalized spacial score (nSPS) is 25.2. The zero-order valence-corrected chi connectivity index (χ0v) is 11.7. The van der Waals surface area contributed by atoms with Crippen molar-refractivity contribution in [1.29, 1.82) is 0 Å². The van der Waals surface area contributed by atoms with Crippen LogP contribution in [0, 0.1) is 12.8 Å². The van der Waals surface area contributed by atoms with Crippen molar-refractivity contribution in [2.45, 2.75) is 32.4 Å². The Labute approximate surface area is 118 Å². The molecule has 3 rings (SSSR count). The van der Waals surface area contributed by atoms with Crippen molar-refractivity contribution in [2.75, 3.05) is 0 Å². The van der Waals surface area contributed by atoms with Crippen molar-refractivity contribution in [2.24, 2.45) is 10.9 Å². The number of nitrogens with zero attached hydrogens (tertiary/aromatic N) is 1. The molecule has 4 nitrogen and oxygen atoms in total. The van der Waals surface area contributed by atoms with Crippen molar-refractivity contribution >= 4 is 11.6 Å². The van der Waals surface area contributed by atoms with E-state index in [1.165, 1.54) is 0 Å². The molecule has 104 valence electrons. The molecule has 0 bridgehead atoms. The summed E-state index contributed by atoms with van der Waals surface area (Å²) < 4.78 is 5.53. The molecule has 3 unspecified atom stereocenters. The van der Waals surface area contributed by atoms with E-state index in [0.29, 0.717) is 18.1 Å². The van der Waals surface area contributed by atoms with Gasteiger partial charge in [0.15, 0.2) is 0 Å². The van der Waals surface area contributed by atoms with Crippen LogP contribution in [0.2, 0.25) is 0 Å². The van der Waals surface area contributed by atoms with E-state index in [4.69, 9.17) is 4.42 Å². The molecule has 1 aliphatic heterocycles. The second kappa shape index (κ2) is 5.12. The Balaban J connectivity index is 1.65. The molecule has 0 aromatic carbocycles. The fraction of sp³-hybridized carbons (Fsp3) is 0.375. The van der Waals surface area contributed by atoms with E-state index in [1.54, 1.807) is 0 Å². The fourth-order valence-corrected chi connectivity index (χ4v) is 2.61. The summed E-state index contributed by atoms with van der Waals surface area (Å²) in [6.45, 7) is 3.81. The SMILES string of the molecule is Cc1ccc(C(C)NC(=O)C2=NC3C=CC=CC3C2)o1. The molecular weight excluding hydrogens is 252 g/mol. The Morgan fingerprint density at radius 2 is 2.20 bits per heavy atom. The number of rotatable bonds is 3. The zero-order valence-electron chi connectivity index (χ0n) is 11.7. The fourth-order valence-electron chi connectivity index (χ4n) is 2.61. The zero-order chi connectivity index (χ0) is 14.1. The van der Waals surface area contributed by atoms with Crippen molar-refractivity contribution in [1.82, 2.24) is 5.32 Å². The first-order valence-corrected chi connectivity index (χ1v) is 6.92. The first kappa shape index (κ1) is 12.9. The molecule has 1 amide bonds. The molecule has 1 aromatic heterocycles. The number of aryl methyl sites for hydroxylation is 1. The topological polar surface area (TPSA) is 54.6 Å². The number of aliphatic imine (C=N–C) groups is 1. The lowest BCUT2D eigenvalue weighted by molar-refractivity contribution is -0.115. The van der Waals surface area contributed by atoms with Crippen LogP contribution in [0.15, 0.2) is 45.8 Å². The van der Waals surface area contributed by atoms with Gasteiger partial charge in [0, 0.05) is 12.3 Å². The summed E-state index contributed by atoms with van der Waals surface area (Å²) in [5.41, 5.74) is 0.631. The van der Waals surface area contributed by atoms with Crippen LogP contribution < -0.4 is 5.32 Å². The van der Waals surface area contributed by atoms with Gasteiger partial charge in [-0.15, -0.1) is 0 Å². The van der Waals surface area contributed by atoms with Crippen molar-refractivity contribution in [3.8, 4) is 0 Å². The van der Waals surface area contributed by atoms with Crippen LogP contribution in [0.5, 0.6) is 0 Å². The Morgan fingerprint density at radius 1 is 1.40 bits per heavy atom. The van der Waals surface area contributed by atoms with E-state index < -0.39 is 0 Å². The first-order chi connectivity index (χ1) is 9.63. The predicted molar refractivity (Wildman–Crippen MR) is 77.6 cm³/mol. The minimum Gasteiger partial charge on any atom is -0.464 e. The minimum absolute atomic E-state index is 0.0947. The summed E-state index contributed by atoms with van der Waals surface area (Å²) in [6.07, 6.45) is 8.88. The number of carbonyl (C=O) groups is 1. The molecule has 20 heavy (non-hydrogen) atoms. The van der Waals surface area contributed by atoms with E-state index in [9.17, 15) is 4.79 Å². The quantitative estimate of drug-likeness (QED) is 0.918. The molecule has 2 aliphatic rings. The van der Waals surface area contributed by atoms with E-state index in [-0.39, 0.29) is 18.0 Å². The molecule has 0 radical (unpaired) electrons. The second-order valence-corrected chi connectivity index (χ2v) is 5.35. The highest BCUT2D eigenvalue weighted by Gasteiger charge is 2.30. The van der Waals surface area contributed by atoms with Crippen molar-refractivity contribution in [3.63, 3.8) is 0 Å². The number of furan rings is 1. The average Bonchev–Trinajstić information content (AvgIpc) is 3.04. The van der Waals surface area contributed by atoms with Gasteiger partial charge in [0.25, 0.3) is 5.91 Å². The maximum absolute atomic E-state index is 12.2. The summed E-state index contributed by atoms with van der Waals surface area (Å²) in [5.74, 6) is 1.86. The first-order valence-electron chi connectivity index (χ1n) is 6.92. The number of nitrogens with one attached hydrogen (secondary N) is 1. The lowest BCUT2D eigenvalue weighted by atomic mass is 9.94. The number of hydrogen-bond acceptors (Lipinski definition) is 3. The summed E-state index contributed by atoms with van der Waals surface area (Å²) in [5, 5.41) is 2.95. The van der Waals surface area contributed by atoms with Gasteiger partial charge in [-0.05, 0) is 26.0 Å². The maximum atomic E-state index is 12.2. The van der Waals surface area contributed by atoms with Gasteiger partial charge >= 0.3 is 0 Å². The highest BCUT2D eigenvalue weighted by atomic mass is 16.3. The summed E-state index contributed by atoms with van der Waals surface area (Å²) in [7, 11) is 0. The summed E-state index contributed by atoms with van der Waals surface area (Å²) in [6, 6.07) is 3.77. The smallest absolute Gasteiger partial charge is 0.265 e. The molecule has 0 saturated carbocycles. The van der Waals surface area contributed by atoms with E-state index in [1.807, 2.05) is 44.2 Å². The molecule has 0 spiro atoms. The van der Waals surface area contributed by atoms with Crippen LogP contribution in [0.1, 0.15) is 30.9 Å². The molecule has 4 heteroatoms. The molecule has 2 heterocycles. The number of fused-ring (bicyclic) bond motifs is 1. The van der Waals surface area contributed by atoms with Crippen LogP contribution in [-0.2, 0) is 4.79 Å². The van der Waals surface area contributed by atoms with Crippen LogP contribution in [0.3, 0.4) is 0 Å². The van der Waals surface area contributed by atoms with Crippen LogP contribution in [0.4, 0.5) is 0 Å². The minimum atomic E-state index is -0.146. The summed E-state index contributed by atoms with van der Waals surface area (Å²) in [4.78, 5) is 16.7. The largest absolute Gasteiger partial charge is 0.464 e. The lowest BCUT2D eigenvalue weighted by Gasteiger charge is -2.12. The van der Waals surface area contributed by atoms with E-state index >= 15 is 0 Å². The molecule has 0 fully saturated rings. The molecule has 0 saturated heterocycles. The third kappa shape index (κ3) is 2.46. The highest BCUT2D eigenvalue weighted by Crippen LogP contribution is 2.27. The number of allylic oxidation sites excluding steroid dienone is 2. The Kier molecular flexibility index (Phi) is 3.30. The molecule has 1 aliphatic carbocycles. The van der Waals surface area contributed by atoms with Crippen LogP contribution in [0.25, 0.3) is 0 Å². The van der Waals surface area contributed by atoms with Gasteiger partial charge in [0.1, 0.15) is 17.2 Å². The van der Waals surface area contributed by atoms with Crippen molar-refractivity contribution in [3.05, 3.63) is 48.0 Å². The monoisotopic (exact) mass is 270 g/mol. The van der Waals surface area contributed by atoms with Crippen LogP contribution >= 0.6 is 0 Å². The van der Waals surface area contributed by atoms with Gasteiger partial charge in [-0.1, -0.05) is 24.3 Å². The van der Waals surface area contributed by atoms with Gasteiger partial charge in [-0.25, -0.2) is 0 Å². The second-order valence-electron chi connectivity index (χ2n) is 5.35. The van der Waals surface area contributed by atoms with Gasteiger partial charge in [-0.2, -0.15) is 0 Å². The maximum Gasteiger partial charge on any atom is 0.265 e. The van der Waals surface area contributed by atoms with Gasteiger partial charge < -0.3 is 9.73 Å². The number of amides is 1. The Bertz CT molecular complexity index is 610. The molecule has 3 atom stereocenters. The summed E-state index contributed by atoms with van der Waals surface area (Å²) >= 11 is 0. The number of hydrogen-bond donors (Lipinski definition) is 1. The Morgan fingerprint density at radius 3 is 2.90 bits per heavy atom. The van der Waals surface area contributed by atoms with E-state index in [2.05, 4.69) is 16.4 Å². The molecule has 1 N–H and O–H groups in total. The third-order valence-electron chi connectivity index (χ3n) is 3.75.